The lowest BCUT2D eigenvalue weighted by atomic mass is 10.2. The van der Waals surface area contributed by atoms with Crippen molar-refractivity contribution in [2.75, 3.05) is 31.7 Å². The standard InChI is InChI=1S/C12H19N3O2/c1-9-4-13-5-12(14-9)15-6-10(2)17-11(7-15)8-16-3/h4-5,10-11H,6-8H2,1-3H3. The van der Waals surface area contributed by atoms with Gasteiger partial charge in [-0.1, -0.05) is 0 Å². The maximum Gasteiger partial charge on any atom is 0.147 e. The Bertz CT molecular complexity index is 373. The van der Waals surface area contributed by atoms with Gasteiger partial charge in [-0.2, -0.15) is 0 Å². The molecular formula is C12H19N3O2. The number of hydrogen-bond donors (Lipinski definition) is 0. The van der Waals surface area contributed by atoms with Crippen molar-refractivity contribution >= 4 is 5.82 Å². The van der Waals surface area contributed by atoms with E-state index in [0.717, 1.165) is 24.6 Å². The molecular weight excluding hydrogens is 218 g/mol. The Labute approximate surface area is 102 Å². The highest BCUT2D eigenvalue weighted by Crippen LogP contribution is 2.17. The molecule has 0 spiro atoms. The van der Waals surface area contributed by atoms with Crippen molar-refractivity contribution in [2.45, 2.75) is 26.1 Å². The average Bonchev–Trinajstić information content (AvgIpc) is 2.28. The Hall–Kier alpha value is -1.20. The third-order valence-electron chi connectivity index (χ3n) is 2.75. The van der Waals surface area contributed by atoms with E-state index in [-0.39, 0.29) is 12.2 Å². The van der Waals surface area contributed by atoms with Crippen LogP contribution in [-0.2, 0) is 9.47 Å². The molecule has 0 amide bonds. The van der Waals surface area contributed by atoms with Crippen LogP contribution in [0.2, 0.25) is 0 Å². The Kier molecular flexibility index (Phi) is 3.91. The number of aryl methyl sites for hydroxylation is 1. The lowest BCUT2D eigenvalue weighted by molar-refractivity contribution is -0.0512. The largest absolute Gasteiger partial charge is 0.382 e. The van der Waals surface area contributed by atoms with Gasteiger partial charge in [-0.25, -0.2) is 4.98 Å². The van der Waals surface area contributed by atoms with E-state index in [2.05, 4.69) is 21.8 Å². The first-order valence-corrected chi connectivity index (χ1v) is 5.87. The molecule has 17 heavy (non-hydrogen) atoms. The first-order chi connectivity index (χ1) is 8.19. The van der Waals surface area contributed by atoms with Gasteiger partial charge in [0.05, 0.1) is 30.7 Å². The SMILES string of the molecule is COCC1CN(c2cncc(C)n2)CC(C)O1. The highest BCUT2D eigenvalue weighted by molar-refractivity contribution is 5.37. The predicted molar refractivity (Wildman–Crippen MR) is 65.2 cm³/mol. The molecule has 1 aromatic heterocycles. The number of ether oxygens (including phenoxy) is 2. The zero-order chi connectivity index (χ0) is 12.3. The lowest BCUT2D eigenvalue weighted by Crippen LogP contribution is -2.48. The number of morpholine rings is 1. The minimum absolute atomic E-state index is 0.103. The predicted octanol–water partition coefficient (Wildman–Crippen LogP) is 1.03. The molecule has 5 nitrogen and oxygen atoms in total. The maximum absolute atomic E-state index is 5.79. The van der Waals surface area contributed by atoms with Crippen LogP contribution < -0.4 is 4.90 Å². The first-order valence-electron chi connectivity index (χ1n) is 5.87. The molecule has 2 heterocycles. The van der Waals surface area contributed by atoms with Gasteiger partial charge in [0.2, 0.25) is 0 Å². The molecule has 0 aliphatic carbocycles. The number of rotatable bonds is 3. The Balaban J connectivity index is 2.09. The summed E-state index contributed by atoms with van der Waals surface area (Å²) in [5.74, 6) is 0.918. The van der Waals surface area contributed by atoms with Crippen LogP contribution in [0.15, 0.2) is 12.4 Å². The van der Waals surface area contributed by atoms with Gasteiger partial charge in [0, 0.05) is 26.4 Å². The fraction of sp³-hybridized carbons (Fsp3) is 0.667. The van der Waals surface area contributed by atoms with Gasteiger partial charge >= 0.3 is 0 Å². The molecule has 0 N–H and O–H groups in total. The van der Waals surface area contributed by atoms with Crippen LogP contribution in [0.3, 0.4) is 0 Å². The Morgan fingerprint density at radius 2 is 2.29 bits per heavy atom. The number of methoxy groups -OCH3 is 1. The molecule has 1 fully saturated rings. The highest BCUT2D eigenvalue weighted by Gasteiger charge is 2.26. The number of aromatic nitrogens is 2. The molecule has 1 saturated heterocycles. The first kappa shape index (κ1) is 12.3. The molecule has 1 aliphatic rings. The summed E-state index contributed by atoms with van der Waals surface area (Å²) in [7, 11) is 1.69. The van der Waals surface area contributed by atoms with Gasteiger partial charge < -0.3 is 14.4 Å². The van der Waals surface area contributed by atoms with Crippen molar-refractivity contribution in [3.8, 4) is 0 Å². The van der Waals surface area contributed by atoms with E-state index in [1.807, 2.05) is 6.92 Å². The smallest absolute Gasteiger partial charge is 0.147 e. The fourth-order valence-electron chi connectivity index (χ4n) is 2.11. The summed E-state index contributed by atoms with van der Waals surface area (Å²) in [6.45, 7) is 6.28. The van der Waals surface area contributed by atoms with Crippen molar-refractivity contribution in [3.63, 3.8) is 0 Å². The molecule has 0 saturated carbocycles. The van der Waals surface area contributed by atoms with Crippen LogP contribution in [-0.4, -0.2) is 49.0 Å². The zero-order valence-corrected chi connectivity index (χ0v) is 10.6. The van der Waals surface area contributed by atoms with E-state index in [1.54, 1.807) is 19.5 Å². The van der Waals surface area contributed by atoms with E-state index in [0.29, 0.717) is 6.61 Å². The second kappa shape index (κ2) is 5.42. The molecule has 0 aromatic carbocycles. The van der Waals surface area contributed by atoms with E-state index >= 15 is 0 Å². The van der Waals surface area contributed by atoms with Gasteiger partial charge in [0.1, 0.15) is 5.82 Å². The number of anilines is 1. The molecule has 0 radical (unpaired) electrons. The van der Waals surface area contributed by atoms with E-state index in [9.17, 15) is 0 Å². The normalized spacial score (nSPS) is 25.0. The van der Waals surface area contributed by atoms with E-state index in [4.69, 9.17) is 9.47 Å². The third kappa shape index (κ3) is 3.14. The van der Waals surface area contributed by atoms with Gasteiger partial charge in [-0.15, -0.1) is 0 Å². The van der Waals surface area contributed by atoms with Crippen molar-refractivity contribution < 1.29 is 9.47 Å². The minimum Gasteiger partial charge on any atom is -0.382 e. The molecule has 1 aromatic rings. The van der Waals surface area contributed by atoms with E-state index in [1.165, 1.54) is 0 Å². The van der Waals surface area contributed by atoms with Crippen molar-refractivity contribution in [1.82, 2.24) is 9.97 Å². The molecule has 94 valence electrons. The summed E-state index contributed by atoms with van der Waals surface area (Å²) in [5, 5.41) is 0. The van der Waals surface area contributed by atoms with Gasteiger partial charge in [-0.3, -0.25) is 4.98 Å². The maximum atomic E-state index is 5.79. The summed E-state index contributed by atoms with van der Waals surface area (Å²) in [5.41, 5.74) is 0.935. The summed E-state index contributed by atoms with van der Waals surface area (Å²) in [4.78, 5) is 10.9. The molecule has 2 atom stereocenters. The monoisotopic (exact) mass is 237 g/mol. The average molecular weight is 237 g/mol. The van der Waals surface area contributed by atoms with Crippen LogP contribution in [0.4, 0.5) is 5.82 Å². The second-order valence-electron chi connectivity index (χ2n) is 4.45. The summed E-state index contributed by atoms with van der Waals surface area (Å²) in [6, 6.07) is 0. The fourth-order valence-corrected chi connectivity index (χ4v) is 2.11. The van der Waals surface area contributed by atoms with Crippen molar-refractivity contribution in [3.05, 3.63) is 18.1 Å². The van der Waals surface area contributed by atoms with Gasteiger partial charge in [0.15, 0.2) is 0 Å². The topological polar surface area (TPSA) is 47.5 Å². The molecule has 0 bridgehead atoms. The van der Waals surface area contributed by atoms with E-state index < -0.39 is 0 Å². The molecule has 2 rings (SSSR count). The van der Waals surface area contributed by atoms with Crippen LogP contribution in [0.1, 0.15) is 12.6 Å². The van der Waals surface area contributed by atoms with Crippen LogP contribution in [0.5, 0.6) is 0 Å². The van der Waals surface area contributed by atoms with Crippen LogP contribution in [0, 0.1) is 6.92 Å². The third-order valence-corrected chi connectivity index (χ3v) is 2.75. The van der Waals surface area contributed by atoms with Crippen molar-refractivity contribution in [1.29, 1.82) is 0 Å². The lowest BCUT2D eigenvalue weighted by Gasteiger charge is -2.37. The van der Waals surface area contributed by atoms with Crippen LogP contribution in [0.25, 0.3) is 0 Å². The summed E-state index contributed by atoms with van der Waals surface area (Å²) >= 11 is 0. The Morgan fingerprint density at radius 1 is 1.47 bits per heavy atom. The molecule has 1 aliphatic heterocycles. The second-order valence-corrected chi connectivity index (χ2v) is 4.45. The minimum atomic E-state index is 0.103. The number of nitrogens with zero attached hydrogens (tertiary/aromatic N) is 3. The molecule has 2 unspecified atom stereocenters. The Morgan fingerprint density at radius 3 is 3.00 bits per heavy atom. The summed E-state index contributed by atoms with van der Waals surface area (Å²) in [6.07, 6.45) is 3.85. The molecule has 5 heteroatoms. The van der Waals surface area contributed by atoms with Crippen LogP contribution >= 0.6 is 0 Å². The zero-order valence-electron chi connectivity index (χ0n) is 10.6. The van der Waals surface area contributed by atoms with Gasteiger partial charge in [-0.05, 0) is 13.8 Å². The number of hydrogen-bond acceptors (Lipinski definition) is 5. The van der Waals surface area contributed by atoms with Crippen molar-refractivity contribution in [2.24, 2.45) is 0 Å². The van der Waals surface area contributed by atoms with Gasteiger partial charge in [0.25, 0.3) is 0 Å². The quantitative estimate of drug-likeness (QED) is 0.785. The summed E-state index contributed by atoms with van der Waals surface area (Å²) < 4.78 is 10.9. The highest BCUT2D eigenvalue weighted by atomic mass is 16.5.